The molecule has 2 rings (SSSR count). The molecule has 1 aliphatic rings. The molecule has 1 saturated carbocycles. The number of methoxy groups -OCH3 is 1. The first-order chi connectivity index (χ1) is 9.10. The summed E-state index contributed by atoms with van der Waals surface area (Å²) in [6.45, 7) is 5.61. The lowest BCUT2D eigenvalue weighted by Crippen LogP contribution is -2.38. The van der Waals surface area contributed by atoms with Crippen molar-refractivity contribution in [3.63, 3.8) is 0 Å². The Morgan fingerprint density at radius 3 is 2.79 bits per heavy atom. The predicted molar refractivity (Wildman–Crippen MR) is 83.5 cm³/mol. The van der Waals surface area contributed by atoms with Gasteiger partial charge in [-0.05, 0) is 49.3 Å². The van der Waals surface area contributed by atoms with E-state index in [-0.39, 0.29) is 0 Å². The van der Waals surface area contributed by atoms with Crippen LogP contribution >= 0.6 is 15.9 Å². The van der Waals surface area contributed by atoms with Crippen LogP contribution in [-0.2, 0) is 6.54 Å². The van der Waals surface area contributed by atoms with Crippen molar-refractivity contribution in [2.45, 2.75) is 45.7 Å². The van der Waals surface area contributed by atoms with Gasteiger partial charge >= 0.3 is 0 Å². The minimum Gasteiger partial charge on any atom is -0.496 e. The fourth-order valence-corrected chi connectivity index (χ4v) is 3.50. The summed E-state index contributed by atoms with van der Waals surface area (Å²) in [5, 5.41) is 3.71. The Labute approximate surface area is 125 Å². The summed E-state index contributed by atoms with van der Waals surface area (Å²) in [6.07, 6.45) is 3.98. The van der Waals surface area contributed by atoms with Gasteiger partial charge in [-0.25, -0.2) is 0 Å². The highest BCUT2D eigenvalue weighted by Crippen LogP contribution is 2.29. The molecule has 1 N–H and O–H groups in total. The maximum absolute atomic E-state index is 5.42. The Morgan fingerprint density at radius 2 is 2.11 bits per heavy atom. The van der Waals surface area contributed by atoms with E-state index in [0.29, 0.717) is 6.04 Å². The average molecular weight is 326 g/mol. The number of nitrogens with one attached hydrogen (secondary N) is 1. The van der Waals surface area contributed by atoms with Gasteiger partial charge in [-0.3, -0.25) is 0 Å². The first-order valence-electron chi connectivity index (χ1n) is 7.16. The van der Waals surface area contributed by atoms with Crippen LogP contribution in [0, 0.1) is 11.8 Å². The molecule has 1 aromatic carbocycles. The van der Waals surface area contributed by atoms with Gasteiger partial charge in [0.2, 0.25) is 0 Å². The van der Waals surface area contributed by atoms with E-state index in [9.17, 15) is 0 Å². The largest absolute Gasteiger partial charge is 0.496 e. The van der Waals surface area contributed by atoms with Crippen molar-refractivity contribution >= 4 is 15.9 Å². The molecule has 1 aromatic rings. The third-order valence-corrected chi connectivity index (χ3v) is 4.72. The summed E-state index contributed by atoms with van der Waals surface area (Å²) in [4.78, 5) is 0. The van der Waals surface area contributed by atoms with Crippen molar-refractivity contribution in [2.24, 2.45) is 11.8 Å². The van der Waals surface area contributed by atoms with Gasteiger partial charge in [0.25, 0.3) is 0 Å². The molecule has 0 aliphatic heterocycles. The zero-order valence-electron chi connectivity index (χ0n) is 12.1. The molecule has 19 heavy (non-hydrogen) atoms. The summed E-state index contributed by atoms with van der Waals surface area (Å²) >= 11 is 3.53. The van der Waals surface area contributed by atoms with Gasteiger partial charge in [0.15, 0.2) is 0 Å². The molecule has 3 heteroatoms. The van der Waals surface area contributed by atoms with E-state index in [1.807, 2.05) is 12.1 Å². The molecule has 1 aliphatic carbocycles. The third kappa shape index (κ3) is 3.96. The monoisotopic (exact) mass is 325 g/mol. The molecule has 106 valence electrons. The molecule has 0 bridgehead atoms. The molecule has 0 heterocycles. The lowest BCUT2D eigenvalue weighted by atomic mass is 9.80. The fourth-order valence-electron chi connectivity index (χ4n) is 3.09. The van der Waals surface area contributed by atoms with Crippen molar-refractivity contribution in [2.75, 3.05) is 7.11 Å². The van der Waals surface area contributed by atoms with Gasteiger partial charge < -0.3 is 10.1 Å². The number of hydrogen-bond donors (Lipinski definition) is 1. The minimum atomic E-state index is 0.639. The van der Waals surface area contributed by atoms with Crippen LogP contribution in [0.5, 0.6) is 5.75 Å². The quantitative estimate of drug-likeness (QED) is 0.887. The topological polar surface area (TPSA) is 21.3 Å². The maximum atomic E-state index is 5.42. The van der Waals surface area contributed by atoms with Crippen LogP contribution in [0.4, 0.5) is 0 Å². The highest BCUT2D eigenvalue weighted by Gasteiger charge is 2.24. The summed E-state index contributed by atoms with van der Waals surface area (Å²) in [5.41, 5.74) is 1.22. The van der Waals surface area contributed by atoms with Crippen LogP contribution in [0.25, 0.3) is 0 Å². The number of benzene rings is 1. The summed E-state index contributed by atoms with van der Waals surface area (Å²) in [6, 6.07) is 6.82. The summed E-state index contributed by atoms with van der Waals surface area (Å²) < 4.78 is 6.53. The second-order valence-electron chi connectivity index (χ2n) is 5.84. The van der Waals surface area contributed by atoms with E-state index in [0.717, 1.165) is 28.6 Å². The first kappa shape index (κ1) is 14.9. The Bertz CT molecular complexity index is 421. The van der Waals surface area contributed by atoms with Gasteiger partial charge in [0, 0.05) is 22.6 Å². The first-order valence-corrected chi connectivity index (χ1v) is 7.95. The van der Waals surface area contributed by atoms with E-state index in [1.165, 1.54) is 24.8 Å². The molecular weight excluding hydrogens is 302 g/mol. The molecule has 2 nitrogen and oxygen atoms in total. The van der Waals surface area contributed by atoms with Gasteiger partial charge in [0.05, 0.1) is 7.11 Å². The Morgan fingerprint density at radius 1 is 1.32 bits per heavy atom. The van der Waals surface area contributed by atoms with Crippen LogP contribution < -0.4 is 10.1 Å². The van der Waals surface area contributed by atoms with Gasteiger partial charge in [0.1, 0.15) is 5.75 Å². The maximum Gasteiger partial charge on any atom is 0.123 e. The van der Waals surface area contributed by atoms with Crippen molar-refractivity contribution < 1.29 is 4.74 Å². The fraction of sp³-hybridized carbons (Fsp3) is 0.625. The van der Waals surface area contributed by atoms with Crippen molar-refractivity contribution in [3.05, 3.63) is 28.2 Å². The molecule has 0 radical (unpaired) electrons. The molecule has 1 fully saturated rings. The predicted octanol–water partition coefficient (Wildman–Crippen LogP) is 4.37. The van der Waals surface area contributed by atoms with Crippen molar-refractivity contribution in [3.8, 4) is 5.75 Å². The van der Waals surface area contributed by atoms with Crippen LogP contribution in [0.3, 0.4) is 0 Å². The molecule has 0 aromatic heterocycles. The number of hydrogen-bond acceptors (Lipinski definition) is 2. The Kier molecular flexibility index (Phi) is 5.28. The molecule has 0 amide bonds. The average Bonchev–Trinajstić information content (AvgIpc) is 2.38. The lowest BCUT2D eigenvalue weighted by Gasteiger charge is -2.33. The second kappa shape index (κ2) is 6.76. The van der Waals surface area contributed by atoms with Crippen LogP contribution in [0.15, 0.2) is 22.7 Å². The molecule has 3 unspecified atom stereocenters. The number of rotatable bonds is 4. The van der Waals surface area contributed by atoms with E-state index < -0.39 is 0 Å². The SMILES string of the molecule is COc1ccc(Br)cc1CNC1CCC(C)CC1C. The molecule has 0 spiro atoms. The van der Waals surface area contributed by atoms with Crippen LogP contribution in [0.1, 0.15) is 38.7 Å². The smallest absolute Gasteiger partial charge is 0.123 e. The number of halogens is 1. The summed E-state index contributed by atoms with van der Waals surface area (Å²) in [5.74, 6) is 2.61. The minimum absolute atomic E-state index is 0.639. The van der Waals surface area contributed by atoms with Gasteiger partial charge in [-0.15, -0.1) is 0 Å². The molecule has 3 atom stereocenters. The Balaban J connectivity index is 1.96. The van der Waals surface area contributed by atoms with Crippen LogP contribution in [0.2, 0.25) is 0 Å². The van der Waals surface area contributed by atoms with E-state index in [2.05, 4.69) is 41.2 Å². The van der Waals surface area contributed by atoms with Crippen molar-refractivity contribution in [1.29, 1.82) is 0 Å². The zero-order valence-corrected chi connectivity index (χ0v) is 13.7. The van der Waals surface area contributed by atoms with Crippen LogP contribution in [-0.4, -0.2) is 13.2 Å². The molecule has 0 saturated heterocycles. The number of ether oxygens (including phenoxy) is 1. The normalized spacial score (nSPS) is 27.3. The third-order valence-electron chi connectivity index (χ3n) is 4.23. The van der Waals surface area contributed by atoms with E-state index in [4.69, 9.17) is 4.74 Å². The highest BCUT2D eigenvalue weighted by molar-refractivity contribution is 9.10. The van der Waals surface area contributed by atoms with E-state index >= 15 is 0 Å². The highest BCUT2D eigenvalue weighted by atomic mass is 79.9. The lowest BCUT2D eigenvalue weighted by molar-refractivity contribution is 0.226. The van der Waals surface area contributed by atoms with Gasteiger partial charge in [-0.2, -0.15) is 0 Å². The zero-order chi connectivity index (χ0) is 13.8. The standard InChI is InChI=1S/C16H24BrNO/c1-11-4-6-15(12(2)8-11)18-10-13-9-14(17)5-7-16(13)19-3/h5,7,9,11-12,15,18H,4,6,8,10H2,1-3H3. The summed E-state index contributed by atoms with van der Waals surface area (Å²) in [7, 11) is 1.73. The van der Waals surface area contributed by atoms with E-state index in [1.54, 1.807) is 7.11 Å². The molecular formula is C16H24BrNO. The van der Waals surface area contributed by atoms with Gasteiger partial charge in [-0.1, -0.05) is 29.8 Å². The Hall–Kier alpha value is -0.540. The second-order valence-corrected chi connectivity index (χ2v) is 6.75. The van der Waals surface area contributed by atoms with Crippen molar-refractivity contribution in [1.82, 2.24) is 5.32 Å².